The van der Waals surface area contributed by atoms with Crippen LogP contribution in [0, 0.1) is 23.4 Å². The van der Waals surface area contributed by atoms with Gasteiger partial charge in [-0.3, -0.25) is 0 Å². The minimum absolute atomic E-state index is 0.000800. The van der Waals surface area contributed by atoms with Crippen molar-refractivity contribution in [2.45, 2.75) is 51.6 Å². The van der Waals surface area contributed by atoms with Crippen molar-refractivity contribution in [3.8, 4) is 5.75 Å². The Labute approximate surface area is 146 Å². The number of benzene rings is 2. The molecule has 0 amide bonds. The molecule has 0 saturated heterocycles. The number of hydrogen-bond donors (Lipinski definition) is 0. The quantitative estimate of drug-likeness (QED) is 0.571. The second-order valence-electron chi connectivity index (χ2n) is 6.84. The SMILES string of the molecule is CC[C@H]1CC[C@H](c2ccc(OCc3cc(F)c(F)cc3F)cc2)CC1. The van der Waals surface area contributed by atoms with Crippen molar-refractivity contribution >= 4 is 0 Å². The molecule has 0 spiro atoms. The van der Waals surface area contributed by atoms with Crippen LogP contribution in [0.5, 0.6) is 5.75 Å². The molecule has 0 N–H and O–H groups in total. The van der Waals surface area contributed by atoms with Crippen LogP contribution in [-0.4, -0.2) is 0 Å². The van der Waals surface area contributed by atoms with Crippen molar-refractivity contribution in [3.63, 3.8) is 0 Å². The molecule has 0 aliphatic heterocycles. The van der Waals surface area contributed by atoms with E-state index in [1.165, 1.54) is 37.7 Å². The molecule has 4 heteroatoms. The lowest BCUT2D eigenvalue weighted by molar-refractivity contribution is 0.297. The summed E-state index contributed by atoms with van der Waals surface area (Å²) in [6.45, 7) is 2.12. The largest absolute Gasteiger partial charge is 0.489 e. The summed E-state index contributed by atoms with van der Waals surface area (Å²) in [7, 11) is 0. The van der Waals surface area contributed by atoms with E-state index in [-0.39, 0.29) is 12.2 Å². The van der Waals surface area contributed by atoms with E-state index >= 15 is 0 Å². The van der Waals surface area contributed by atoms with E-state index in [9.17, 15) is 13.2 Å². The first kappa shape index (κ1) is 17.8. The molecule has 2 aromatic rings. The lowest BCUT2D eigenvalue weighted by Gasteiger charge is -2.28. The van der Waals surface area contributed by atoms with Crippen LogP contribution in [0.1, 0.15) is 56.1 Å². The summed E-state index contributed by atoms with van der Waals surface area (Å²) in [5.74, 6) is -1.01. The van der Waals surface area contributed by atoms with E-state index in [2.05, 4.69) is 6.92 Å². The van der Waals surface area contributed by atoms with Gasteiger partial charge in [-0.1, -0.05) is 25.5 Å². The molecule has 1 nitrogen and oxygen atoms in total. The molecule has 1 aliphatic rings. The van der Waals surface area contributed by atoms with Gasteiger partial charge in [0.15, 0.2) is 11.6 Å². The lowest BCUT2D eigenvalue weighted by Crippen LogP contribution is -2.12. The van der Waals surface area contributed by atoms with Gasteiger partial charge in [0.05, 0.1) is 0 Å². The third-order valence-corrected chi connectivity index (χ3v) is 5.26. The Bertz CT molecular complexity index is 704. The first-order valence-corrected chi connectivity index (χ1v) is 8.93. The van der Waals surface area contributed by atoms with Gasteiger partial charge in [0.1, 0.15) is 18.2 Å². The highest BCUT2D eigenvalue weighted by Crippen LogP contribution is 2.37. The second kappa shape index (κ2) is 7.94. The summed E-state index contributed by atoms with van der Waals surface area (Å²) >= 11 is 0. The molecule has 0 aromatic heterocycles. The van der Waals surface area contributed by atoms with Gasteiger partial charge in [-0.15, -0.1) is 0 Å². The molecule has 0 radical (unpaired) electrons. The summed E-state index contributed by atoms with van der Waals surface area (Å²) in [6, 6.07) is 9.20. The van der Waals surface area contributed by atoms with Gasteiger partial charge in [0, 0.05) is 11.6 Å². The maximum absolute atomic E-state index is 13.6. The maximum Gasteiger partial charge on any atom is 0.161 e. The van der Waals surface area contributed by atoms with Crippen molar-refractivity contribution in [1.82, 2.24) is 0 Å². The zero-order valence-corrected chi connectivity index (χ0v) is 14.4. The molecule has 1 fully saturated rings. The van der Waals surface area contributed by atoms with Crippen molar-refractivity contribution in [2.75, 3.05) is 0 Å². The Morgan fingerprint density at radius 1 is 0.880 bits per heavy atom. The first-order chi connectivity index (χ1) is 12.1. The fourth-order valence-corrected chi connectivity index (χ4v) is 3.58. The van der Waals surface area contributed by atoms with Gasteiger partial charge < -0.3 is 4.74 Å². The van der Waals surface area contributed by atoms with Crippen LogP contribution in [0.25, 0.3) is 0 Å². The van der Waals surface area contributed by atoms with Crippen LogP contribution in [0.15, 0.2) is 36.4 Å². The second-order valence-corrected chi connectivity index (χ2v) is 6.84. The smallest absolute Gasteiger partial charge is 0.161 e. The van der Waals surface area contributed by atoms with Crippen molar-refractivity contribution in [3.05, 3.63) is 65.0 Å². The minimum atomic E-state index is -1.19. The number of hydrogen-bond acceptors (Lipinski definition) is 1. The predicted molar refractivity (Wildman–Crippen MR) is 92.1 cm³/mol. The molecule has 0 bridgehead atoms. The molecule has 1 saturated carbocycles. The van der Waals surface area contributed by atoms with Gasteiger partial charge >= 0.3 is 0 Å². The van der Waals surface area contributed by atoms with Crippen LogP contribution in [0.3, 0.4) is 0 Å². The van der Waals surface area contributed by atoms with Crippen LogP contribution in [-0.2, 0) is 6.61 Å². The molecule has 134 valence electrons. The van der Waals surface area contributed by atoms with E-state index < -0.39 is 17.5 Å². The number of halogens is 3. The number of rotatable bonds is 5. The van der Waals surface area contributed by atoms with Crippen molar-refractivity contribution in [2.24, 2.45) is 5.92 Å². The Kier molecular flexibility index (Phi) is 5.67. The molecule has 0 heterocycles. The fraction of sp³-hybridized carbons (Fsp3) is 0.429. The average Bonchev–Trinajstić information content (AvgIpc) is 2.64. The maximum atomic E-state index is 13.6. The van der Waals surface area contributed by atoms with Crippen LogP contribution in [0.2, 0.25) is 0 Å². The van der Waals surface area contributed by atoms with Crippen LogP contribution >= 0.6 is 0 Å². The summed E-state index contributed by atoms with van der Waals surface area (Å²) in [5.41, 5.74) is 1.31. The fourth-order valence-electron chi connectivity index (χ4n) is 3.58. The van der Waals surface area contributed by atoms with Gasteiger partial charge in [0.2, 0.25) is 0 Å². The van der Waals surface area contributed by atoms with Crippen molar-refractivity contribution < 1.29 is 17.9 Å². The summed E-state index contributed by atoms with van der Waals surface area (Å²) in [4.78, 5) is 0. The zero-order chi connectivity index (χ0) is 17.8. The first-order valence-electron chi connectivity index (χ1n) is 8.93. The Balaban J connectivity index is 1.59. The van der Waals surface area contributed by atoms with Gasteiger partial charge in [-0.2, -0.15) is 0 Å². The van der Waals surface area contributed by atoms with Crippen LogP contribution in [0.4, 0.5) is 13.2 Å². The Morgan fingerprint density at radius 2 is 1.52 bits per heavy atom. The van der Waals surface area contributed by atoms with E-state index in [1.807, 2.05) is 24.3 Å². The Morgan fingerprint density at radius 3 is 2.16 bits per heavy atom. The molecule has 3 rings (SSSR count). The van der Waals surface area contributed by atoms with Crippen LogP contribution < -0.4 is 4.74 Å². The molecule has 1 aliphatic carbocycles. The summed E-state index contributed by atoms with van der Waals surface area (Å²) in [5, 5.41) is 0. The Hall–Kier alpha value is -1.97. The minimum Gasteiger partial charge on any atom is -0.489 e. The highest BCUT2D eigenvalue weighted by molar-refractivity contribution is 5.30. The van der Waals surface area contributed by atoms with Gasteiger partial charge in [-0.25, -0.2) is 13.2 Å². The van der Waals surface area contributed by atoms with E-state index in [1.54, 1.807) is 0 Å². The molecular weight excluding hydrogens is 325 g/mol. The van der Waals surface area contributed by atoms with E-state index in [0.29, 0.717) is 17.7 Å². The lowest BCUT2D eigenvalue weighted by atomic mass is 9.78. The summed E-state index contributed by atoms with van der Waals surface area (Å²) < 4.78 is 45.3. The van der Waals surface area contributed by atoms with Gasteiger partial charge in [0.25, 0.3) is 0 Å². The third kappa shape index (κ3) is 4.36. The van der Waals surface area contributed by atoms with E-state index in [4.69, 9.17) is 4.74 Å². The monoisotopic (exact) mass is 348 g/mol. The molecule has 2 aromatic carbocycles. The normalized spacial score (nSPS) is 20.5. The molecular formula is C21H23F3O. The highest BCUT2D eigenvalue weighted by Gasteiger charge is 2.21. The molecule has 0 unspecified atom stereocenters. The van der Waals surface area contributed by atoms with Gasteiger partial charge in [-0.05, 0) is 61.3 Å². The predicted octanol–water partition coefficient (Wildman–Crippen LogP) is 6.37. The van der Waals surface area contributed by atoms with E-state index in [0.717, 1.165) is 12.0 Å². The third-order valence-electron chi connectivity index (χ3n) is 5.26. The topological polar surface area (TPSA) is 9.23 Å². The summed E-state index contributed by atoms with van der Waals surface area (Å²) in [6.07, 6.45) is 6.28. The molecule has 0 atom stereocenters. The standard InChI is InChI=1S/C21H23F3O/c1-2-14-3-5-15(6-4-14)16-7-9-18(10-8-16)25-13-17-11-20(23)21(24)12-19(17)22/h7-12,14-15H,2-6,13H2,1H3/t14-,15-. The average molecular weight is 348 g/mol. The molecule has 25 heavy (non-hydrogen) atoms. The van der Waals surface area contributed by atoms with Crippen molar-refractivity contribution in [1.29, 1.82) is 0 Å². The highest BCUT2D eigenvalue weighted by atomic mass is 19.2. The number of ether oxygens (including phenoxy) is 1. The zero-order valence-electron chi connectivity index (χ0n) is 14.4.